The summed E-state index contributed by atoms with van der Waals surface area (Å²) in [7, 11) is -2.09. The molecule has 2 unspecified atom stereocenters. The second kappa shape index (κ2) is 8.54. The fourth-order valence-corrected chi connectivity index (χ4v) is 6.03. The van der Waals surface area contributed by atoms with E-state index in [4.69, 9.17) is 9.47 Å². The van der Waals surface area contributed by atoms with Crippen molar-refractivity contribution in [1.29, 1.82) is 0 Å². The average Bonchev–Trinajstić information content (AvgIpc) is 3.15. The van der Waals surface area contributed by atoms with E-state index in [1.807, 2.05) is 32.0 Å². The average molecular weight is 462 g/mol. The number of para-hydroxylation sites is 1. The molecule has 8 nitrogen and oxygen atoms in total. The summed E-state index contributed by atoms with van der Waals surface area (Å²) in [6, 6.07) is 11.5. The molecule has 1 aromatic heterocycles. The number of anilines is 1. The maximum absolute atomic E-state index is 13.0. The van der Waals surface area contributed by atoms with Gasteiger partial charge in [0.05, 0.1) is 28.9 Å². The van der Waals surface area contributed by atoms with Gasteiger partial charge in [-0.05, 0) is 50.2 Å². The van der Waals surface area contributed by atoms with E-state index < -0.39 is 10.0 Å². The maximum atomic E-state index is 13.0. The Morgan fingerprint density at radius 2 is 1.84 bits per heavy atom. The molecule has 2 heterocycles. The summed E-state index contributed by atoms with van der Waals surface area (Å²) in [4.78, 5) is 17.2. The molecule has 1 N–H and O–H groups in total. The van der Waals surface area contributed by atoms with Crippen molar-refractivity contribution in [2.75, 3.05) is 25.5 Å². The largest absolute Gasteiger partial charge is 0.494 e. The molecule has 3 aromatic rings. The number of fused-ring (bicyclic) bond motifs is 1. The van der Waals surface area contributed by atoms with Crippen LogP contribution in [0.2, 0.25) is 0 Å². The zero-order valence-electron chi connectivity index (χ0n) is 17.4. The van der Waals surface area contributed by atoms with E-state index in [9.17, 15) is 13.2 Å². The fraction of sp³-hybridized carbons (Fsp3) is 0.333. The lowest BCUT2D eigenvalue weighted by molar-refractivity contribution is -0.0440. The standard InChI is InChI=1S/C21H23N3O5S2/c1-13-11-24(12-14(2)29-13)31(26,27)16-9-7-15(8-10-16)20(25)23-21-22-19-17(28-3)5-4-6-18(19)30-21/h4-10,13-14H,11-12H2,1-3H3,(H,22,23,25). The second-order valence-electron chi connectivity index (χ2n) is 7.38. The number of morpholine rings is 1. The minimum atomic E-state index is -3.66. The first kappa shape index (κ1) is 21.7. The van der Waals surface area contributed by atoms with Crippen molar-refractivity contribution < 1.29 is 22.7 Å². The highest BCUT2D eigenvalue weighted by atomic mass is 32.2. The summed E-state index contributed by atoms with van der Waals surface area (Å²) in [5.41, 5.74) is 1.02. The Balaban J connectivity index is 1.51. The number of sulfonamides is 1. The second-order valence-corrected chi connectivity index (χ2v) is 10.4. The van der Waals surface area contributed by atoms with Gasteiger partial charge in [0.2, 0.25) is 10.0 Å². The van der Waals surface area contributed by atoms with E-state index in [2.05, 4.69) is 10.3 Å². The molecule has 0 radical (unpaired) electrons. The number of methoxy groups -OCH3 is 1. The molecule has 0 saturated carbocycles. The first-order chi connectivity index (χ1) is 14.8. The molecule has 31 heavy (non-hydrogen) atoms. The van der Waals surface area contributed by atoms with Gasteiger partial charge < -0.3 is 9.47 Å². The number of benzene rings is 2. The Kier molecular flexibility index (Phi) is 5.98. The van der Waals surface area contributed by atoms with E-state index >= 15 is 0 Å². The molecular weight excluding hydrogens is 438 g/mol. The molecule has 1 amide bonds. The van der Waals surface area contributed by atoms with Crippen LogP contribution in [0.1, 0.15) is 24.2 Å². The predicted molar refractivity (Wildman–Crippen MR) is 119 cm³/mol. The van der Waals surface area contributed by atoms with Crippen LogP contribution >= 0.6 is 11.3 Å². The Morgan fingerprint density at radius 1 is 1.16 bits per heavy atom. The number of rotatable bonds is 5. The number of carbonyl (C=O) groups excluding carboxylic acids is 1. The fourth-order valence-electron chi connectivity index (χ4n) is 3.57. The number of hydrogen-bond donors (Lipinski definition) is 1. The van der Waals surface area contributed by atoms with Crippen molar-refractivity contribution in [2.24, 2.45) is 0 Å². The number of ether oxygens (including phenoxy) is 2. The molecule has 2 atom stereocenters. The van der Waals surface area contributed by atoms with E-state index in [0.29, 0.717) is 35.1 Å². The third-order valence-electron chi connectivity index (χ3n) is 4.96. The normalized spacial score (nSPS) is 20.0. The van der Waals surface area contributed by atoms with Crippen LogP contribution in [-0.4, -0.2) is 56.0 Å². The molecular formula is C21H23N3O5S2. The van der Waals surface area contributed by atoms with Crippen LogP contribution in [0, 0.1) is 0 Å². The SMILES string of the molecule is COc1cccc2sc(NC(=O)c3ccc(S(=O)(=O)N4CC(C)OC(C)C4)cc3)nc12. The van der Waals surface area contributed by atoms with Crippen LogP contribution in [0.5, 0.6) is 5.75 Å². The number of hydrogen-bond acceptors (Lipinski definition) is 7. The van der Waals surface area contributed by atoms with E-state index in [1.54, 1.807) is 7.11 Å². The number of amides is 1. The number of nitrogens with one attached hydrogen (secondary N) is 1. The molecule has 4 rings (SSSR count). The highest BCUT2D eigenvalue weighted by Crippen LogP contribution is 2.32. The molecule has 1 aliphatic heterocycles. The smallest absolute Gasteiger partial charge is 0.257 e. The topological polar surface area (TPSA) is 97.8 Å². The van der Waals surface area contributed by atoms with Gasteiger partial charge >= 0.3 is 0 Å². The third kappa shape index (κ3) is 4.42. The van der Waals surface area contributed by atoms with Crippen LogP contribution in [0.3, 0.4) is 0 Å². The summed E-state index contributed by atoms with van der Waals surface area (Å²) in [5.74, 6) is 0.270. The lowest BCUT2D eigenvalue weighted by atomic mass is 10.2. The van der Waals surface area contributed by atoms with E-state index in [1.165, 1.54) is 39.9 Å². The van der Waals surface area contributed by atoms with Gasteiger partial charge in [-0.15, -0.1) is 0 Å². The molecule has 2 aromatic carbocycles. The van der Waals surface area contributed by atoms with Gasteiger partial charge in [0.25, 0.3) is 5.91 Å². The highest BCUT2D eigenvalue weighted by molar-refractivity contribution is 7.89. The first-order valence-corrected chi connectivity index (χ1v) is 12.0. The first-order valence-electron chi connectivity index (χ1n) is 9.78. The number of aromatic nitrogens is 1. The van der Waals surface area contributed by atoms with Crippen molar-refractivity contribution in [3.63, 3.8) is 0 Å². The van der Waals surface area contributed by atoms with E-state index in [0.717, 1.165) is 4.70 Å². The van der Waals surface area contributed by atoms with Gasteiger partial charge in [-0.25, -0.2) is 13.4 Å². The van der Waals surface area contributed by atoms with Gasteiger partial charge in [0.15, 0.2) is 5.13 Å². The number of nitrogens with zero attached hydrogens (tertiary/aromatic N) is 2. The van der Waals surface area contributed by atoms with Crippen LogP contribution < -0.4 is 10.1 Å². The zero-order chi connectivity index (χ0) is 22.2. The van der Waals surface area contributed by atoms with Gasteiger partial charge in [-0.1, -0.05) is 17.4 Å². The lowest BCUT2D eigenvalue weighted by Gasteiger charge is -2.34. The Bertz CT molecular complexity index is 1200. The third-order valence-corrected chi connectivity index (χ3v) is 7.74. The highest BCUT2D eigenvalue weighted by Gasteiger charge is 2.32. The van der Waals surface area contributed by atoms with Crippen LogP contribution in [0.4, 0.5) is 5.13 Å². The monoisotopic (exact) mass is 461 g/mol. The summed E-state index contributed by atoms with van der Waals surface area (Å²) >= 11 is 1.34. The van der Waals surface area contributed by atoms with Crippen LogP contribution in [0.15, 0.2) is 47.4 Å². The summed E-state index contributed by atoms with van der Waals surface area (Å²) in [6.07, 6.45) is -0.341. The quantitative estimate of drug-likeness (QED) is 0.626. The molecule has 0 spiro atoms. The molecule has 10 heteroatoms. The molecule has 0 aliphatic carbocycles. The minimum absolute atomic E-state index is 0.148. The van der Waals surface area contributed by atoms with Gasteiger partial charge in [0, 0.05) is 18.7 Å². The van der Waals surface area contributed by atoms with Gasteiger partial charge in [0.1, 0.15) is 11.3 Å². The van der Waals surface area contributed by atoms with Crippen molar-refractivity contribution >= 4 is 42.6 Å². The van der Waals surface area contributed by atoms with Crippen LogP contribution in [-0.2, 0) is 14.8 Å². The molecule has 164 valence electrons. The Morgan fingerprint density at radius 3 is 2.48 bits per heavy atom. The lowest BCUT2D eigenvalue weighted by Crippen LogP contribution is -2.48. The van der Waals surface area contributed by atoms with Crippen molar-refractivity contribution in [2.45, 2.75) is 31.0 Å². The maximum Gasteiger partial charge on any atom is 0.257 e. The zero-order valence-corrected chi connectivity index (χ0v) is 19.0. The minimum Gasteiger partial charge on any atom is -0.494 e. The number of carbonyl (C=O) groups is 1. The molecule has 1 fully saturated rings. The van der Waals surface area contributed by atoms with Gasteiger partial charge in [-0.2, -0.15) is 4.31 Å². The van der Waals surface area contributed by atoms with Gasteiger partial charge in [-0.3, -0.25) is 10.1 Å². The Labute approximate surface area is 184 Å². The van der Waals surface area contributed by atoms with Crippen molar-refractivity contribution in [3.8, 4) is 5.75 Å². The van der Waals surface area contributed by atoms with Crippen molar-refractivity contribution in [1.82, 2.24) is 9.29 Å². The summed E-state index contributed by atoms with van der Waals surface area (Å²) in [5, 5.41) is 3.21. The molecule has 0 bridgehead atoms. The Hall–Kier alpha value is -2.53. The van der Waals surface area contributed by atoms with E-state index in [-0.39, 0.29) is 23.0 Å². The van der Waals surface area contributed by atoms with Crippen molar-refractivity contribution in [3.05, 3.63) is 48.0 Å². The number of thiazole rings is 1. The van der Waals surface area contributed by atoms with Crippen LogP contribution in [0.25, 0.3) is 10.2 Å². The summed E-state index contributed by atoms with van der Waals surface area (Å²) in [6.45, 7) is 4.30. The predicted octanol–water partition coefficient (Wildman–Crippen LogP) is 3.36. The molecule has 1 saturated heterocycles. The molecule has 1 aliphatic rings. The summed E-state index contributed by atoms with van der Waals surface area (Å²) < 4.78 is 39.2.